The quantitative estimate of drug-likeness (QED) is 0.483. The fourth-order valence-corrected chi connectivity index (χ4v) is 2.63. The van der Waals surface area contributed by atoms with Crippen molar-refractivity contribution in [1.29, 1.82) is 0 Å². The minimum atomic E-state index is -3.70. The molecule has 1 amide bonds. The first kappa shape index (κ1) is 18.8. The van der Waals surface area contributed by atoms with Crippen LogP contribution in [0.5, 0.6) is 5.75 Å². The number of ether oxygens (including phenoxy) is 1. The van der Waals surface area contributed by atoms with Crippen LogP contribution in [-0.2, 0) is 21.4 Å². The summed E-state index contributed by atoms with van der Waals surface area (Å²) >= 11 is 0. The molecule has 0 aliphatic heterocycles. The Labute approximate surface area is 147 Å². The number of benzene rings is 2. The van der Waals surface area contributed by atoms with Gasteiger partial charge >= 0.3 is 0 Å². The molecule has 0 fully saturated rings. The van der Waals surface area contributed by atoms with Gasteiger partial charge in [-0.25, -0.2) is 13.6 Å². The highest BCUT2D eigenvalue weighted by Crippen LogP contribution is 2.19. The van der Waals surface area contributed by atoms with Crippen molar-refractivity contribution in [2.24, 2.45) is 5.14 Å². The van der Waals surface area contributed by atoms with E-state index in [1.807, 2.05) is 12.1 Å². The molecule has 0 saturated heterocycles. The fraction of sp³-hybridized carbons (Fsp3) is 0.235. The molecule has 2 rings (SSSR count). The SMILES string of the molecule is Nc1ccccc1OCCCC(=O)NCc1ccc(S(N)(=O)=O)cc1. The van der Waals surface area contributed by atoms with Crippen LogP contribution in [0.25, 0.3) is 0 Å². The number of rotatable bonds is 8. The monoisotopic (exact) mass is 363 g/mol. The van der Waals surface area contributed by atoms with Gasteiger partial charge < -0.3 is 15.8 Å². The van der Waals surface area contributed by atoms with E-state index in [-0.39, 0.29) is 10.8 Å². The predicted octanol–water partition coefficient (Wildman–Crippen LogP) is 1.39. The molecule has 0 heterocycles. The molecule has 134 valence electrons. The smallest absolute Gasteiger partial charge is 0.238 e. The van der Waals surface area contributed by atoms with E-state index in [1.165, 1.54) is 12.1 Å². The van der Waals surface area contributed by atoms with Crippen LogP contribution in [0.3, 0.4) is 0 Å². The van der Waals surface area contributed by atoms with Crippen molar-refractivity contribution in [3.8, 4) is 5.75 Å². The Hall–Kier alpha value is -2.58. The molecule has 0 spiro atoms. The third-order valence-corrected chi connectivity index (χ3v) is 4.40. The molecular weight excluding hydrogens is 342 g/mol. The predicted molar refractivity (Wildman–Crippen MR) is 95.2 cm³/mol. The Morgan fingerprint density at radius 1 is 1.08 bits per heavy atom. The summed E-state index contributed by atoms with van der Waals surface area (Å²) in [7, 11) is -3.70. The van der Waals surface area contributed by atoms with Crippen molar-refractivity contribution >= 4 is 21.6 Å². The molecule has 0 aliphatic rings. The number of para-hydroxylation sites is 2. The van der Waals surface area contributed by atoms with Crippen molar-refractivity contribution in [3.63, 3.8) is 0 Å². The minimum Gasteiger partial charge on any atom is -0.491 e. The Balaban J connectivity index is 1.69. The second-order valence-electron chi connectivity index (χ2n) is 5.46. The third-order valence-electron chi connectivity index (χ3n) is 3.47. The number of hydrogen-bond donors (Lipinski definition) is 3. The van der Waals surface area contributed by atoms with Crippen LogP contribution in [0.15, 0.2) is 53.4 Å². The second kappa shape index (κ2) is 8.50. The van der Waals surface area contributed by atoms with Crippen LogP contribution in [0.2, 0.25) is 0 Å². The molecule has 0 radical (unpaired) electrons. The van der Waals surface area contributed by atoms with Crippen LogP contribution >= 0.6 is 0 Å². The number of nitrogens with two attached hydrogens (primary N) is 2. The molecule has 0 aliphatic carbocycles. The largest absolute Gasteiger partial charge is 0.491 e. The first-order chi connectivity index (χ1) is 11.9. The molecule has 0 bridgehead atoms. The van der Waals surface area contributed by atoms with Gasteiger partial charge in [-0.3, -0.25) is 4.79 Å². The van der Waals surface area contributed by atoms with Gasteiger partial charge in [0.25, 0.3) is 0 Å². The van der Waals surface area contributed by atoms with E-state index < -0.39 is 10.0 Å². The molecule has 5 N–H and O–H groups in total. The van der Waals surface area contributed by atoms with Crippen molar-refractivity contribution in [2.45, 2.75) is 24.3 Å². The van der Waals surface area contributed by atoms with E-state index in [4.69, 9.17) is 15.6 Å². The van der Waals surface area contributed by atoms with Gasteiger partial charge in [-0.15, -0.1) is 0 Å². The number of amides is 1. The fourth-order valence-electron chi connectivity index (χ4n) is 2.11. The average Bonchev–Trinajstić information content (AvgIpc) is 2.58. The summed E-state index contributed by atoms with van der Waals surface area (Å²) in [5.74, 6) is 0.498. The van der Waals surface area contributed by atoms with Gasteiger partial charge in [-0.2, -0.15) is 0 Å². The Bertz CT molecular complexity index is 820. The van der Waals surface area contributed by atoms with E-state index in [0.29, 0.717) is 37.4 Å². The van der Waals surface area contributed by atoms with Crippen LogP contribution in [0.1, 0.15) is 18.4 Å². The van der Waals surface area contributed by atoms with E-state index in [1.54, 1.807) is 24.3 Å². The maximum atomic E-state index is 11.8. The summed E-state index contributed by atoms with van der Waals surface area (Å²) < 4.78 is 27.9. The number of nitrogen functional groups attached to an aromatic ring is 1. The zero-order valence-corrected chi connectivity index (χ0v) is 14.5. The van der Waals surface area contributed by atoms with Crippen LogP contribution in [-0.4, -0.2) is 20.9 Å². The summed E-state index contributed by atoms with van der Waals surface area (Å²) in [6, 6.07) is 13.2. The topological polar surface area (TPSA) is 125 Å². The lowest BCUT2D eigenvalue weighted by Crippen LogP contribution is -2.23. The van der Waals surface area contributed by atoms with E-state index in [2.05, 4.69) is 5.32 Å². The lowest BCUT2D eigenvalue weighted by atomic mass is 10.2. The van der Waals surface area contributed by atoms with Crippen molar-refractivity contribution < 1.29 is 17.9 Å². The molecular formula is C17H21N3O4S. The molecule has 25 heavy (non-hydrogen) atoms. The summed E-state index contributed by atoms with van der Waals surface area (Å²) in [6.45, 7) is 0.709. The third kappa shape index (κ3) is 6.09. The summed E-state index contributed by atoms with van der Waals surface area (Å²) in [5, 5.41) is 7.80. The average molecular weight is 363 g/mol. The van der Waals surface area contributed by atoms with E-state index in [0.717, 1.165) is 5.56 Å². The number of sulfonamides is 1. The Morgan fingerprint density at radius 2 is 1.76 bits per heavy atom. The maximum absolute atomic E-state index is 11.8. The molecule has 2 aromatic rings. The normalized spacial score (nSPS) is 11.1. The van der Waals surface area contributed by atoms with Gasteiger partial charge in [0.1, 0.15) is 5.75 Å². The number of primary sulfonamides is 1. The van der Waals surface area contributed by atoms with Gasteiger partial charge in [0.15, 0.2) is 0 Å². The molecule has 0 atom stereocenters. The minimum absolute atomic E-state index is 0.0416. The summed E-state index contributed by atoms with van der Waals surface area (Å²) in [4.78, 5) is 11.9. The number of carbonyl (C=O) groups excluding carboxylic acids is 1. The summed E-state index contributed by atoms with van der Waals surface area (Å²) in [5.41, 5.74) is 7.11. The number of carbonyl (C=O) groups is 1. The highest BCUT2D eigenvalue weighted by atomic mass is 32.2. The van der Waals surface area contributed by atoms with Gasteiger partial charge in [-0.05, 0) is 36.2 Å². The van der Waals surface area contributed by atoms with Gasteiger partial charge in [-0.1, -0.05) is 24.3 Å². The van der Waals surface area contributed by atoms with Gasteiger partial charge in [0.2, 0.25) is 15.9 Å². The zero-order valence-electron chi connectivity index (χ0n) is 13.6. The molecule has 7 nitrogen and oxygen atoms in total. The molecule has 0 unspecified atom stereocenters. The van der Waals surface area contributed by atoms with Crippen LogP contribution in [0.4, 0.5) is 5.69 Å². The van der Waals surface area contributed by atoms with Crippen molar-refractivity contribution in [2.75, 3.05) is 12.3 Å². The Kier molecular flexibility index (Phi) is 6.37. The summed E-state index contributed by atoms with van der Waals surface area (Å²) in [6.07, 6.45) is 0.881. The van der Waals surface area contributed by atoms with E-state index >= 15 is 0 Å². The first-order valence-electron chi connectivity index (χ1n) is 7.72. The van der Waals surface area contributed by atoms with Crippen molar-refractivity contribution in [1.82, 2.24) is 5.32 Å². The maximum Gasteiger partial charge on any atom is 0.238 e. The number of anilines is 1. The molecule has 0 saturated carbocycles. The van der Waals surface area contributed by atoms with Gasteiger partial charge in [0.05, 0.1) is 17.2 Å². The zero-order chi connectivity index (χ0) is 18.3. The Morgan fingerprint density at radius 3 is 2.40 bits per heavy atom. The number of hydrogen-bond acceptors (Lipinski definition) is 5. The molecule has 0 aromatic heterocycles. The molecule has 2 aromatic carbocycles. The number of nitrogens with one attached hydrogen (secondary N) is 1. The van der Waals surface area contributed by atoms with E-state index in [9.17, 15) is 13.2 Å². The first-order valence-corrected chi connectivity index (χ1v) is 9.26. The lowest BCUT2D eigenvalue weighted by molar-refractivity contribution is -0.121. The standard InChI is InChI=1S/C17H21N3O4S/c18-15-4-1-2-5-16(15)24-11-3-6-17(21)20-12-13-7-9-14(10-8-13)25(19,22)23/h1-2,4-5,7-10H,3,6,11-12,18H2,(H,20,21)(H2,19,22,23). The van der Waals surface area contributed by atoms with Crippen molar-refractivity contribution in [3.05, 3.63) is 54.1 Å². The van der Waals surface area contributed by atoms with Crippen LogP contribution in [0, 0.1) is 0 Å². The molecule has 8 heteroatoms. The highest BCUT2D eigenvalue weighted by Gasteiger charge is 2.07. The van der Waals surface area contributed by atoms with Gasteiger partial charge in [0, 0.05) is 13.0 Å². The highest BCUT2D eigenvalue weighted by molar-refractivity contribution is 7.89. The lowest BCUT2D eigenvalue weighted by Gasteiger charge is -2.09. The second-order valence-corrected chi connectivity index (χ2v) is 7.02. The van der Waals surface area contributed by atoms with Crippen LogP contribution < -0.4 is 20.9 Å².